The van der Waals surface area contributed by atoms with Crippen molar-refractivity contribution < 1.29 is 23.4 Å². The molecule has 0 saturated carbocycles. The Balaban J connectivity index is 1.87. The number of fused-ring (bicyclic) bond motifs is 1. The van der Waals surface area contributed by atoms with Gasteiger partial charge in [0.2, 0.25) is 0 Å². The molecule has 2 aromatic heterocycles. The number of carbonyl (C=O) groups excluding carboxylic acids is 1. The molecule has 0 radical (unpaired) electrons. The predicted octanol–water partition coefficient (Wildman–Crippen LogP) is 3.27. The molecule has 1 amide bonds. The highest BCUT2D eigenvalue weighted by Gasteiger charge is 2.43. The molecule has 8 nitrogen and oxygen atoms in total. The minimum Gasteiger partial charge on any atom is -0.497 e. The molecular weight excluding hydrogens is 374 g/mol. The van der Waals surface area contributed by atoms with Crippen molar-refractivity contribution in [3.8, 4) is 23.0 Å². The summed E-state index contributed by atoms with van der Waals surface area (Å²) in [7, 11) is 4.87. The molecule has 1 atom stereocenters. The molecule has 1 unspecified atom stereocenters. The quantitative estimate of drug-likeness (QED) is 0.587. The number of nitrogens with zero attached hydrogens (tertiary/aromatic N) is 2. The minimum absolute atomic E-state index is 0.139. The van der Waals surface area contributed by atoms with Crippen molar-refractivity contribution >= 4 is 5.91 Å². The average Bonchev–Trinajstić information content (AvgIpc) is 3.46. The zero-order chi connectivity index (χ0) is 20.4. The van der Waals surface area contributed by atoms with E-state index in [0.717, 1.165) is 11.1 Å². The number of benzene rings is 1. The van der Waals surface area contributed by atoms with Gasteiger partial charge >= 0.3 is 0 Å². The lowest BCUT2D eigenvalue weighted by Gasteiger charge is -2.27. The van der Waals surface area contributed by atoms with Gasteiger partial charge < -0.3 is 23.5 Å². The van der Waals surface area contributed by atoms with E-state index in [-0.39, 0.29) is 5.91 Å². The summed E-state index contributed by atoms with van der Waals surface area (Å²) in [6.45, 7) is 1.08. The summed E-state index contributed by atoms with van der Waals surface area (Å²) < 4.78 is 21.8. The third-order valence-corrected chi connectivity index (χ3v) is 5.10. The molecule has 29 heavy (non-hydrogen) atoms. The number of aromatic amines is 1. The number of carbonyl (C=O) groups is 1. The maximum Gasteiger partial charge on any atom is 0.275 e. The summed E-state index contributed by atoms with van der Waals surface area (Å²) in [4.78, 5) is 15.0. The molecule has 1 N–H and O–H groups in total. The molecule has 8 heteroatoms. The van der Waals surface area contributed by atoms with E-state index in [1.54, 1.807) is 38.6 Å². The number of aromatic nitrogens is 2. The van der Waals surface area contributed by atoms with Crippen LogP contribution in [-0.2, 0) is 4.74 Å². The highest BCUT2D eigenvalue weighted by molar-refractivity contribution is 6.00. The van der Waals surface area contributed by atoms with Crippen LogP contribution in [0.3, 0.4) is 0 Å². The lowest BCUT2D eigenvalue weighted by molar-refractivity contribution is 0.0721. The Morgan fingerprint density at radius 1 is 1.21 bits per heavy atom. The van der Waals surface area contributed by atoms with Crippen LogP contribution in [0, 0.1) is 0 Å². The Hall–Kier alpha value is -3.26. The van der Waals surface area contributed by atoms with E-state index in [4.69, 9.17) is 18.6 Å². The Bertz CT molecular complexity index is 996. The molecule has 3 aromatic rings. The van der Waals surface area contributed by atoms with Gasteiger partial charge in [-0.15, -0.1) is 0 Å². The molecule has 1 aliphatic rings. The first-order valence-electron chi connectivity index (χ1n) is 9.33. The first-order valence-corrected chi connectivity index (χ1v) is 9.33. The van der Waals surface area contributed by atoms with Crippen molar-refractivity contribution in [3.63, 3.8) is 0 Å². The molecule has 4 rings (SSSR count). The summed E-state index contributed by atoms with van der Waals surface area (Å²) in [6, 6.07) is 8.82. The molecular formula is C21H23N3O5. The monoisotopic (exact) mass is 397 g/mol. The number of amides is 1. The van der Waals surface area contributed by atoms with Crippen molar-refractivity contribution in [1.82, 2.24) is 15.1 Å². The SMILES string of the molecule is COCCCN1C(=O)c2n[nH]c(-c3ccco3)c2C1c1cc(OC)ccc1OC. The standard InChI is InChI=1S/C21H23N3O5/c1-26-10-5-9-24-20(14-12-13(27-2)7-8-15(14)28-3)17-18(16-6-4-11-29-16)22-23-19(17)21(24)25/h4,6-8,11-12,20H,5,9-10H2,1-3H3,(H,22,23). The van der Waals surface area contributed by atoms with Crippen LogP contribution >= 0.6 is 0 Å². The predicted molar refractivity (Wildman–Crippen MR) is 105 cm³/mol. The van der Waals surface area contributed by atoms with Gasteiger partial charge in [0.1, 0.15) is 17.2 Å². The van der Waals surface area contributed by atoms with Gasteiger partial charge in [-0.1, -0.05) is 0 Å². The maximum absolute atomic E-state index is 13.2. The van der Waals surface area contributed by atoms with E-state index in [1.165, 1.54) is 0 Å². The number of rotatable bonds is 8. The topological polar surface area (TPSA) is 89.8 Å². The highest BCUT2D eigenvalue weighted by atomic mass is 16.5. The van der Waals surface area contributed by atoms with Gasteiger partial charge in [-0.25, -0.2) is 0 Å². The van der Waals surface area contributed by atoms with Crippen molar-refractivity contribution in [2.24, 2.45) is 0 Å². The van der Waals surface area contributed by atoms with Gasteiger partial charge in [0.05, 0.1) is 26.5 Å². The molecule has 3 heterocycles. The maximum atomic E-state index is 13.2. The van der Waals surface area contributed by atoms with Crippen LogP contribution in [0.15, 0.2) is 41.0 Å². The van der Waals surface area contributed by atoms with Crippen LogP contribution in [0.5, 0.6) is 11.5 Å². The number of methoxy groups -OCH3 is 3. The molecule has 1 aromatic carbocycles. The molecule has 0 spiro atoms. The lowest BCUT2D eigenvalue weighted by atomic mass is 9.96. The zero-order valence-corrected chi connectivity index (χ0v) is 16.6. The van der Waals surface area contributed by atoms with Gasteiger partial charge in [0, 0.05) is 31.4 Å². The molecule has 1 aliphatic heterocycles. The van der Waals surface area contributed by atoms with Gasteiger partial charge in [-0.05, 0) is 36.8 Å². The fourth-order valence-corrected chi connectivity index (χ4v) is 3.78. The third-order valence-electron chi connectivity index (χ3n) is 5.10. The normalized spacial score (nSPS) is 15.6. The van der Waals surface area contributed by atoms with E-state index in [2.05, 4.69) is 10.2 Å². The smallest absolute Gasteiger partial charge is 0.275 e. The van der Waals surface area contributed by atoms with Crippen LogP contribution in [0.1, 0.15) is 34.1 Å². The van der Waals surface area contributed by atoms with E-state index in [9.17, 15) is 4.79 Å². The summed E-state index contributed by atoms with van der Waals surface area (Å²) >= 11 is 0. The van der Waals surface area contributed by atoms with Crippen molar-refractivity contribution in [3.05, 3.63) is 53.4 Å². The van der Waals surface area contributed by atoms with Crippen molar-refractivity contribution in [2.75, 3.05) is 34.5 Å². The van der Waals surface area contributed by atoms with E-state index < -0.39 is 6.04 Å². The van der Waals surface area contributed by atoms with E-state index >= 15 is 0 Å². The van der Waals surface area contributed by atoms with Crippen LogP contribution in [0.25, 0.3) is 11.5 Å². The van der Waals surface area contributed by atoms with Crippen LogP contribution in [-0.4, -0.2) is 55.5 Å². The first-order chi connectivity index (χ1) is 14.2. The number of H-pyrrole nitrogens is 1. The number of nitrogens with one attached hydrogen (secondary N) is 1. The number of ether oxygens (including phenoxy) is 3. The fourth-order valence-electron chi connectivity index (χ4n) is 3.78. The van der Waals surface area contributed by atoms with E-state index in [0.29, 0.717) is 48.2 Å². The van der Waals surface area contributed by atoms with Gasteiger partial charge in [0.25, 0.3) is 5.91 Å². The number of furan rings is 1. The van der Waals surface area contributed by atoms with Gasteiger partial charge in [-0.3, -0.25) is 9.89 Å². The molecule has 0 saturated heterocycles. The first kappa shape index (κ1) is 19.1. The largest absolute Gasteiger partial charge is 0.497 e. The average molecular weight is 397 g/mol. The third kappa shape index (κ3) is 3.25. The lowest BCUT2D eigenvalue weighted by Crippen LogP contribution is -2.31. The number of hydrogen-bond donors (Lipinski definition) is 1. The van der Waals surface area contributed by atoms with Gasteiger partial charge in [-0.2, -0.15) is 5.10 Å². The molecule has 0 fully saturated rings. The Morgan fingerprint density at radius 3 is 2.76 bits per heavy atom. The second-order valence-electron chi connectivity index (χ2n) is 6.69. The molecule has 0 aliphatic carbocycles. The second-order valence-corrected chi connectivity index (χ2v) is 6.69. The van der Waals surface area contributed by atoms with Crippen LogP contribution in [0.2, 0.25) is 0 Å². The summed E-state index contributed by atoms with van der Waals surface area (Å²) in [5, 5.41) is 7.28. The minimum atomic E-state index is -0.391. The molecule has 0 bridgehead atoms. The van der Waals surface area contributed by atoms with Crippen LogP contribution in [0.4, 0.5) is 0 Å². The molecule has 152 valence electrons. The summed E-state index contributed by atoms with van der Waals surface area (Å²) in [5.74, 6) is 1.83. The Morgan fingerprint density at radius 2 is 2.07 bits per heavy atom. The second kappa shape index (κ2) is 8.00. The van der Waals surface area contributed by atoms with Crippen molar-refractivity contribution in [1.29, 1.82) is 0 Å². The number of hydrogen-bond acceptors (Lipinski definition) is 6. The van der Waals surface area contributed by atoms with Crippen LogP contribution < -0.4 is 9.47 Å². The van der Waals surface area contributed by atoms with E-state index in [1.807, 2.05) is 24.3 Å². The Labute approximate surface area is 168 Å². The summed E-state index contributed by atoms with van der Waals surface area (Å²) in [5.41, 5.74) is 2.67. The van der Waals surface area contributed by atoms with Crippen molar-refractivity contribution in [2.45, 2.75) is 12.5 Å². The highest BCUT2D eigenvalue weighted by Crippen LogP contribution is 2.46. The summed E-state index contributed by atoms with van der Waals surface area (Å²) in [6.07, 6.45) is 2.30. The zero-order valence-electron chi connectivity index (χ0n) is 16.6. The fraction of sp³-hybridized carbons (Fsp3) is 0.333. The Kier molecular flexibility index (Phi) is 5.26. The van der Waals surface area contributed by atoms with Gasteiger partial charge in [0.15, 0.2) is 11.5 Å².